The van der Waals surface area contributed by atoms with Crippen LogP contribution in [0.15, 0.2) is 23.4 Å². The zero-order valence-electron chi connectivity index (χ0n) is 10.4. The van der Waals surface area contributed by atoms with Gasteiger partial charge in [0, 0.05) is 12.3 Å². The van der Waals surface area contributed by atoms with Crippen LogP contribution in [0.1, 0.15) is 12.8 Å². The molecular formula is C11H13F3N2O3S. The van der Waals surface area contributed by atoms with Crippen LogP contribution >= 0.6 is 0 Å². The summed E-state index contributed by atoms with van der Waals surface area (Å²) in [5, 5.41) is 0. The van der Waals surface area contributed by atoms with E-state index in [-0.39, 0.29) is 10.6 Å². The first-order chi connectivity index (χ1) is 9.26. The Morgan fingerprint density at radius 3 is 2.65 bits per heavy atom. The standard InChI is InChI=1S/C11H13F3N2O3S/c12-11(13,14)7-16-20(17,18)10-3-9(4-15-5-10)19-6-8-1-2-8/h3-5,8,16H,1-2,6-7H2. The quantitative estimate of drug-likeness (QED) is 0.868. The highest BCUT2D eigenvalue weighted by Gasteiger charge is 2.30. The van der Waals surface area contributed by atoms with Crippen molar-refractivity contribution < 1.29 is 26.3 Å². The molecular weight excluding hydrogens is 297 g/mol. The summed E-state index contributed by atoms with van der Waals surface area (Å²) in [6.07, 6.45) is -0.175. The zero-order valence-corrected chi connectivity index (χ0v) is 11.2. The first-order valence-electron chi connectivity index (χ1n) is 5.90. The summed E-state index contributed by atoms with van der Waals surface area (Å²) in [5.74, 6) is 0.699. The van der Waals surface area contributed by atoms with Gasteiger partial charge in [0.25, 0.3) is 0 Å². The fourth-order valence-electron chi connectivity index (χ4n) is 1.38. The number of nitrogens with zero attached hydrogens (tertiary/aromatic N) is 1. The second-order valence-electron chi connectivity index (χ2n) is 4.55. The summed E-state index contributed by atoms with van der Waals surface area (Å²) in [6.45, 7) is -1.16. The number of rotatable bonds is 6. The summed E-state index contributed by atoms with van der Waals surface area (Å²) in [7, 11) is -4.25. The van der Waals surface area contributed by atoms with Gasteiger partial charge in [0.2, 0.25) is 10.0 Å². The molecule has 1 heterocycles. The Morgan fingerprint density at radius 1 is 1.35 bits per heavy atom. The lowest BCUT2D eigenvalue weighted by atomic mass is 10.4. The normalized spacial score (nSPS) is 16.1. The molecule has 5 nitrogen and oxygen atoms in total. The largest absolute Gasteiger partial charge is 0.492 e. The van der Waals surface area contributed by atoms with Gasteiger partial charge in [0.05, 0.1) is 12.8 Å². The van der Waals surface area contributed by atoms with E-state index in [1.807, 2.05) is 0 Å². The monoisotopic (exact) mass is 310 g/mol. The molecule has 0 bridgehead atoms. The van der Waals surface area contributed by atoms with Gasteiger partial charge in [-0.3, -0.25) is 4.98 Å². The van der Waals surface area contributed by atoms with Crippen LogP contribution in [0.5, 0.6) is 5.75 Å². The van der Waals surface area contributed by atoms with Crippen LogP contribution in [0.4, 0.5) is 13.2 Å². The van der Waals surface area contributed by atoms with Crippen molar-refractivity contribution in [1.82, 2.24) is 9.71 Å². The van der Waals surface area contributed by atoms with Crippen molar-refractivity contribution in [3.8, 4) is 5.75 Å². The van der Waals surface area contributed by atoms with Crippen molar-refractivity contribution >= 4 is 10.0 Å². The lowest BCUT2D eigenvalue weighted by molar-refractivity contribution is -0.121. The van der Waals surface area contributed by atoms with Crippen LogP contribution in [0, 0.1) is 5.92 Å². The van der Waals surface area contributed by atoms with Gasteiger partial charge in [-0.15, -0.1) is 0 Å². The first kappa shape index (κ1) is 15.0. The lowest BCUT2D eigenvalue weighted by Gasteiger charge is -2.10. The molecule has 0 aromatic carbocycles. The molecule has 112 valence electrons. The molecule has 0 aliphatic heterocycles. The number of aromatic nitrogens is 1. The number of nitrogens with one attached hydrogen (secondary N) is 1. The molecule has 1 N–H and O–H groups in total. The summed E-state index contributed by atoms with van der Waals surface area (Å²) in [6, 6.07) is 1.16. The highest BCUT2D eigenvalue weighted by atomic mass is 32.2. The number of sulfonamides is 1. The van der Waals surface area contributed by atoms with E-state index in [2.05, 4.69) is 4.98 Å². The molecule has 0 amide bonds. The predicted octanol–water partition coefficient (Wildman–Crippen LogP) is 1.71. The minimum Gasteiger partial charge on any atom is -0.492 e. The van der Waals surface area contributed by atoms with E-state index in [1.165, 1.54) is 10.9 Å². The average Bonchev–Trinajstić information content (AvgIpc) is 3.18. The van der Waals surface area contributed by atoms with Crippen LogP contribution < -0.4 is 9.46 Å². The molecule has 1 fully saturated rings. The molecule has 9 heteroatoms. The highest BCUT2D eigenvalue weighted by Crippen LogP contribution is 2.29. The Hall–Kier alpha value is -1.35. The van der Waals surface area contributed by atoms with Crippen LogP contribution in [-0.2, 0) is 10.0 Å². The Balaban J connectivity index is 2.04. The first-order valence-corrected chi connectivity index (χ1v) is 7.39. The topological polar surface area (TPSA) is 68.3 Å². The SMILES string of the molecule is O=S(=O)(NCC(F)(F)F)c1cncc(OCC2CC2)c1. The van der Waals surface area contributed by atoms with Crippen molar-refractivity contribution in [2.45, 2.75) is 23.9 Å². The van der Waals surface area contributed by atoms with E-state index < -0.39 is 22.7 Å². The lowest BCUT2D eigenvalue weighted by Crippen LogP contribution is -2.33. The number of hydrogen-bond donors (Lipinski definition) is 1. The summed E-state index contributed by atoms with van der Waals surface area (Å²) >= 11 is 0. The highest BCUT2D eigenvalue weighted by molar-refractivity contribution is 7.89. The number of halogens is 3. The molecule has 0 unspecified atom stereocenters. The smallest absolute Gasteiger partial charge is 0.402 e. The predicted molar refractivity (Wildman–Crippen MR) is 63.7 cm³/mol. The van der Waals surface area contributed by atoms with Gasteiger partial charge in [0.1, 0.15) is 17.2 Å². The van der Waals surface area contributed by atoms with Crippen LogP contribution in [0.2, 0.25) is 0 Å². The van der Waals surface area contributed by atoms with Crippen molar-refractivity contribution in [3.63, 3.8) is 0 Å². The van der Waals surface area contributed by atoms with Crippen molar-refractivity contribution in [2.75, 3.05) is 13.2 Å². The number of ether oxygens (including phenoxy) is 1. The minimum atomic E-state index is -4.61. The Bertz CT molecular complexity index is 571. The Kier molecular flexibility index (Phi) is 4.19. The van der Waals surface area contributed by atoms with Gasteiger partial charge < -0.3 is 4.74 Å². The maximum Gasteiger partial charge on any atom is 0.402 e. The van der Waals surface area contributed by atoms with Gasteiger partial charge in [-0.2, -0.15) is 13.2 Å². The minimum absolute atomic E-state index is 0.229. The molecule has 0 radical (unpaired) electrons. The molecule has 1 aromatic heterocycles. The van der Waals surface area contributed by atoms with Crippen LogP contribution in [0.3, 0.4) is 0 Å². The summed E-state index contributed by atoms with van der Waals surface area (Å²) in [4.78, 5) is 3.32. The molecule has 1 saturated carbocycles. The molecule has 2 rings (SSSR count). The molecule has 0 saturated heterocycles. The Morgan fingerprint density at radius 2 is 2.05 bits per heavy atom. The molecule has 20 heavy (non-hydrogen) atoms. The zero-order chi connectivity index (χ0) is 14.8. The summed E-state index contributed by atoms with van der Waals surface area (Å²) < 4.78 is 66.2. The number of hydrogen-bond acceptors (Lipinski definition) is 4. The van der Waals surface area contributed by atoms with Gasteiger partial charge >= 0.3 is 6.18 Å². The van der Waals surface area contributed by atoms with E-state index in [0.717, 1.165) is 25.1 Å². The Labute approximate surface area is 114 Å². The van der Waals surface area contributed by atoms with Gasteiger partial charge in [-0.05, 0) is 18.8 Å². The fraction of sp³-hybridized carbons (Fsp3) is 0.545. The van der Waals surface area contributed by atoms with E-state index in [1.54, 1.807) is 0 Å². The number of alkyl halides is 3. The van der Waals surface area contributed by atoms with Gasteiger partial charge in [-0.25, -0.2) is 13.1 Å². The number of pyridine rings is 1. The van der Waals surface area contributed by atoms with Crippen molar-refractivity contribution in [3.05, 3.63) is 18.5 Å². The van der Waals surface area contributed by atoms with Gasteiger partial charge in [0.15, 0.2) is 0 Å². The van der Waals surface area contributed by atoms with E-state index >= 15 is 0 Å². The fourth-order valence-corrected chi connectivity index (χ4v) is 2.37. The molecule has 1 aliphatic carbocycles. The van der Waals surface area contributed by atoms with Crippen molar-refractivity contribution in [1.29, 1.82) is 0 Å². The maximum absolute atomic E-state index is 12.0. The van der Waals surface area contributed by atoms with Crippen molar-refractivity contribution in [2.24, 2.45) is 5.92 Å². The van der Waals surface area contributed by atoms with E-state index in [9.17, 15) is 21.6 Å². The average molecular weight is 310 g/mol. The molecule has 1 aliphatic rings. The van der Waals surface area contributed by atoms with Gasteiger partial charge in [-0.1, -0.05) is 0 Å². The summed E-state index contributed by atoms with van der Waals surface area (Å²) in [5.41, 5.74) is 0. The third-order valence-corrected chi connectivity index (χ3v) is 4.01. The molecule has 0 spiro atoms. The molecule has 0 atom stereocenters. The van der Waals surface area contributed by atoms with E-state index in [0.29, 0.717) is 12.5 Å². The third kappa shape index (κ3) is 4.64. The van der Waals surface area contributed by atoms with Crippen LogP contribution in [-0.4, -0.2) is 32.7 Å². The van der Waals surface area contributed by atoms with Crippen LogP contribution in [0.25, 0.3) is 0 Å². The van der Waals surface area contributed by atoms with E-state index in [4.69, 9.17) is 4.74 Å². The second kappa shape index (κ2) is 5.57. The third-order valence-electron chi connectivity index (χ3n) is 2.64. The maximum atomic E-state index is 12.0. The second-order valence-corrected chi connectivity index (χ2v) is 6.32. The molecule has 1 aromatic rings.